The molecule has 1 fully saturated rings. The Labute approximate surface area is 66.0 Å². The average Bonchev–Trinajstić information content (AvgIpc) is 1.79. The topological polar surface area (TPSA) is 35.5 Å². The highest BCUT2D eigenvalue weighted by molar-refractivity contribution is 5.87. The van der Waals surface area contributed by atoms with Crippen LogP contribution in [0.5, 0.6) is 0 Å². The number of ether oxygens (including phenoxy) is 2. The van der Waals surface area contributed by atoms with Crippen molar-refractivity contribution in [3.05, 3.63) is 11.6 Å². The smallest absolute Gasteiger partial charge is 0.186 e. The number of rotatable bonds is 2. The molecule has 0 aromatic carbocycles. The molecule has 11 heavy (non-hydrogen) atoms. The fraction of sp³-hybridized carbons (Fsp3) is 0.625. The van der Waals surface area contributed by atoms with Gasteiger partial charge in [0, 0.05) is 0 Å². The van der Waals surface area contributed by atoms with Crippen molar-refractivity contribution in [3.63, 3.8) is 0 Å². The lowest BCUT2D eigenvalue weighted by atomic mass is 10.2. The largest absolute Gasteiger partial charge is 0.320 e. The molecule has 0 N–H and O–H groups in total. The first kappa shape index (κ1) is 8.43. The summed E-state index contributed by atoms with van der Waals surface area (Å²) in [6, 6.07) is 0. The van der Waals surface area contributed by atoms with Gasteiger partial charge in [-0.2, -0.15) is 0 Å². The van der Waals surface area contributed by atoms with E-state index in [1.807, 2.05) is 13.8 Å². The summed E-state index contributed by atoms with van der Waals surface area (Å²) in [7, 11) is 0. The molecule has 3 nitrogen and oxygen atoms in total. The third-order valence-electron chi connectivity index (χ3n) is 1.43. The summed E-state index contributed by atoms with van der Waals surface area (Å²) in [6.45, 7) is 5.14. The van der Waals surface area contributed by atoms with Crippen LogP contribution in [0.4, 0.5) is 0 Å². The zero-order valence-corrected chi connectivity index (χ0v) is 6.96. The highest BCUT2D eigenvalue weighted by Crippen LogP contribution is 2.22. The molecule has 0 aromatic heterocycles. The summed E-state index contributed by atoms with van der Waals surface area (Å²) in [6.07, 6.45) is 1.10. The van der Waals surface area contributed by atoms with E-state index in [-0.39, 0.29) is 18.4 Å². The van der Waals surface area contributed by atoms with Crippen molar-refractivity contribution in [2.75, 3.05) is 0 Å². The number of carbonyl (C=O) groups is 1. The minimum atomic E-state index is -0.297. The molecule has 1 rings (SSSR count). The minimum absolute atomic E-state index is 0.0225. The Balaban J connectivity index is 2.43. The lowest BCUT2D eigenvalue weighted by Crippen LogP contribution is -2.39. The molecule has 0 amide bonds. The second-order valence-corrected chi connectivity index (χ2v) is 2.67. The number of hydrogen-bond donors (Lipinski definition) is 0. The van der Waals surface area contributed by atoms with E-state index in [1.165, 1.54) is 13.0 Å². The maximum absolute atomic E-state index is 10.6. The monoisotopic (exact) mass is 156 g/mol. The van der Waals surface area contributed by atoms with Crippen LogP contribution in [0.15, 0.2) is 11.6 Å². The summed E-state index contributed by atoms with van der Waals surface area (Å²) in [5.41, 5.74) is 0.829. The number of hydrogen-bond acceptors (Lipinski definition) is 3. The van der Waals surface area contributed by atoms with Gasteiger partial charge in [0.25, 0.3) is 0 Å². The van der Waals surface area contributed by atoms with Gasteiger partial charge in [0.2, 0.25) is 0 Å². The third-order valence-corrected chi connectivity index (χ3v) is 1.43. The van der Waals surface area contributed by atoms with Gasteiger partial charge in [-0.3, -0.25) is 4.79 Å². The van der Waals surface area contributed by atoms with E-state index in [1.54, 1.807) is 0 Å². The molecule has 1 aliphatic rings. The quantitative estimate of drug-likeness (QED) is 0.564. The Morgan fingerprint density at radius 2 is 1.91 bits per heavy atom. The minimum Gasteiger partial charge on any atom is -0.320 e. The molecule has 1 heterocycles. The molecule has 0 aromatic rings. The van der Waals surface area contributed by atoms with Crippen molar-refractivity contribution in [1.29, 1.82) is 0 Å². The molecule has 1 saturated heterocycles. The van der Waals surface area contributed by atoms with E-state index in [4.69, 9.17) is 9.47 Å². The normalized spacial score (nSPS) is 31.4. The molecule has 0 bridgehead atoms. The average molecular weight is 156 g/mol. The molecule has 0 saturated carbocycles. The Bertz CT molecular complexity index is 190. The van der Waals surface area contributed by atoms with E-state index in [2.05, 4.69) is 0 Å². The van der Waals surface area contributed by atoms with Crippen LogP contribution < -0.4 is 0 Å². The molecule has 0 radical (unpaired) electrons. The van der Waals surface area contributed by atoms with E-state index < -0.39 is 0 Å². The summed E-state index contributed by atoms with van der Waals surface area (Å²) in [5, 5.41) is 0. The lowest BCUT2D eigenvalue weighted by molar-refractivity contribution is -0.359. The number of carbonyl (C=O) groups excluding carboxylic acids is 1. The molecular formula is C8H12O3. The van der Waals surface area contributed by atoms with Crippen molar-refractivity contribution >= 4 is 5.78 Å². The van der Waals surface area contributed by atoms with Gasteiger partial charge >= 0.3 is 0 Å². The number of allylic oxidation sites excluding steroid dienone is 1. The van der Waals surface area contributed by atoms with Crippen LogP contribution >= 0.6 is 0 Å². The second-order valence-electron chi connectivity index (χ2n) is 2.67. The molecule has 1 aliphatic heterocycles. The Hall–Kier alpha value is -0.670. The summed E-state index contributed by atoms with van der Waals surface area (Å²) in [5.74, 6) is 0.0225. The maximum atomic E-state index is 10.6. The molecule has 0 aliphatic carbocycles. The third kappa shape index (κ3) is 2.13. The molecular weight excluding hydrogens is 144 g/mol. The van der Waals surface area contributed by atoms with Crippen molar-refractivity contribution in [2.24, 2.45) is 0 Å². The van der Waals surface area contributed by atoms with Crippen molar-refractivity contribution in [3.8, 4) is 0 Å². The van der Waals surface area contributed by atoms with E-state index >= 15 is 0 Å². The van der Waals surface area contributed by atoms with Crippen LogP contribution in [0.3, 0.4) is 0 Å². The van der Waals surface area contributed by atoms with Crippen LogP contribution in [0.2, 0.25) is 0 Å². The zero-order chi connectivity index (χ0) is 8.43. The molecule has 3 heteroatoms. The van der Waals surface area contributed by atoms with Crippen LogP contribution in [-0.2, 0) is 14.3 Å². The first-order chi connectivity index (χ1) is 5.09. The lowest BCUT2D eigenvalue weighted by Gasteiger charge is -2.34. The standard InChI is InChI=1S/C8H12O3/c1-5(4-6(2)9)8-10-7(3)11-8/h4,7-8H,1-3H3. The molecule has 62 valence electrons. The first-order valence-electron chi connectivity index (χ1n) is 3.59. The molecule has 0 unspecified atom stereocenters. The van der Waals surface area contributed by atoms with Crippen LogP contribution in [0.25, 0.3) is 0 Å². The highest BCUT2D eigenvalue weighted by Gasteiger charge is 2.27. The fourth-order valence-corrected chi connectivity index (χ4v) is 0.962. The predicted octanol–water partition coefficient (Wildman–Crippen LogP) is 1.24. The first-order valence-corrected chi connectivity index (χ1v) is 3.59. The zero-order valence-electron chi connectivity index (χ0n) is 6.96. The van der Waals surface area contributed by atoms with Crippen LogP contribution in [-0.4, -0.2) is 18.4 Å². The van der Waals surface area contributed by atoms with Crippen LogP contribution in [0, 0.1) is 0 Å². The van der Waals surface area contributed by atoms with Gasteiger partial charge < -0.3 is 9.47 Å². The van der Waals surface area contributed by atoms with Gasteiger partial charge in [-0.05, 0) is 32.4 Å². The van der Waals surface area contributed by atoms with Crippen molar-refractivity contribution in [1.82, 2.24) is 0 Å². The second kappa shape index (κ2) is 3.15. The van der Waals surface area contributed by atoms with Gasteiger partial charge in [-0.1, -0.05) is 0 Å². The summed E-state index contributed by atoms with van der Waals surface area (Å²) in [4.78, 5) is 10.6. The maximum Gasteiger partial charge on any atom is 0.186 e. The molecule has 0 spiro atoms. The fourth-order valence-electron chi connectivity index (χ4n) is 0.962. The van der Waals surface area contributed by atoms with Crippen LogP contribution in [0.1, 0.15) is 20.8 Å². The number of ketones is 1. The van der Waals surface area contributed by atoms with E-state index in [0.29, 0.717) is 0 Å². The van der Waals surface area contributed by atoms with E-state index in [9.17, 15) is 4.79 Å². The van der Waals surface area contributed by atoms with Gasteiger partial charge in [0.05, 0.1) is 0 Å². The Morgan fingerprint density at radius 3 is 2.27 bits per heavy atom. The Kier molecular flexibility index (Phi) is 2.42. The van der Waals surface area contributed by atoms with E-state index in [0.717, 1.165) is 5.57 Å². The van der Waals surface area contributed by atoms with Gasteiger partial charge in [0.1, 0.15) is 0 Å². The van der Waals surface area contributed by atoms with Gasteiger partial charge in [0.15, 0.2) is 18.4 Å². The molecule has 0 atom stereocenters. The summed E-state index contributed by atoms with van der Waals surface area (Å²) >= 11 is 0. The van der Waals surface area contributed by atoms with Gasteiger partial charge in [-0.25, -0.2) is 0 Å². The highest BCUT2D eigenvalue weighted by atomic mass is 16.9. The van der Waals surface area contributed by atoms with Crippen molar-refractivity contribution in [2.45, 2.75) is 33.4 Å². The summed E-state index contributed by atoms with van der Waals surface area (Å²) < 4.78 is 10.3. The Morgan fingerprint density at radius 1 is 1.36 bits per heavy atom. The SMILES string of the molecule is CC(=O)C=C(C)C1OC(C)O1. The van der Waals surface area contributed by atoms with Gasteiger partial charge in [-0.15, -0.1) is 0 Å². The van der Waals surface area contributed by atoms with Crippen molar-refractivity contribution < 1.29 is 14.3 Å². The predicted molar refractivity (Wildman–Crippen MR) is 39.9 cm³/mol.